The van der Waals surface area contributed by atoms with Gasteiger partial charge >= 0.3 is 0 Å². The summed E-state index contributed by atoms with van der Waals surface area (Å²) in [6.45, 7) is 1.87. The van der Waals surface area contributed by atoms with Crippen LogP contribution in [0.2, 0.25) is 0 Å². The van der Waals surface area contributed by atoms with Gasteiger partial charge in [0, 0.05) is 27.2 Å². The molecule has 1 saturated carbocycles. The number of nitrogens with zero attached hydrogens (tertiary/aromatic N) is 4. The van der Waals surface area contributed by atoms with Gasteiger partial charge in [0.2, 0.25) is 5.91 Å². The topological polar surface area (TPSA) is 65.1 Å². The van der Waals surface area contributed by atoms with Gasteiger partial charge in [-0.15, -0.1) is 0 Å². The lowest BCUT2D eigenvalue weighted by atomic mass is 10.3. The van der Waals surface area contributed by atoms with Crippen molar-refractivity contribution in [2.45, 2.75) is 12.8 Å². The van der Waals surface area contributed by atoms with Crippen molar-refractivity contribution in [1.82, 2.24) is 19.9 Å². The Labute approximate surface area is 123 Å². The van der Waals surface area contributed by atoms with Gasteiger partial charge in [-0.05, 0) is 30.4 Å². The molecule has 1 N–H and O–H groups in total. The van der Waals surface area contributed by atoms with Gasteiger partial charge in [0.25, 0.3) is 0 Å². The number of carbonyl (C=O) groups is 1. The Balaban J connectivity index is 1.52. The van der Waals surface area contributed by atoms with Crippen LogP contribution < -0.4 is 4.90 Å². The van der Waals surface area contributed by atoms with Crippen LogP contribution in [0.15, 0.2) is 12.1 Å². The summed E-state index contributed by atoms with van der Waals surface area (Å²) in [6.07, 6.45) is 1.65. The van der Waals surface area contributed by atoms with Gasteiger partial charge in [-0.3, -0.25) is 4.79 Å². The molecule has 0 bridgehead atoms. The number of amides is 1. The molecule has 1 aliphatic heterocycles. The van der Waals surface area contributed by atoms with Crippen LogP contribution in [0.5, 0.6) is 0 Å². The van der Waals surface area contributed by atoms with E-state index in [9.17, 15) is 4.79 Å². The molecule has 21 heavy (non-hydrogen) atoms. The van der Waals surface area contributed by atoms with E-state index in [1.54, 1.807) is 0 Å². The number of likely N-dealkylation sites (tertiary alicyclic amines) is 1. The Bertz CT molecular complexity index is 697. The van der Waals surface area contributed by atoms with E-state index < -0.39 is 0 Å². The minimum absolute atomic E-state index is 0.175. The number of rotatable bonds is 3. The van der Waals surface area contributed by atoms with E-state index >= 15 is 0 Å². The van der Waals surface area contributed by atoms with Crippen LogP contribution >= 0.6 is 0 Å². The SMILES string of the molecule is CN(C)c1ccc2[nH]c(CC(=O)N3CC4CC4C3)nc2n1. The van der Waals surface area contributed by atoms with E-state index in [-0.39, 0.29) is 5.91 Å². The van der Waals surface area contributed by atoms with Gasteiger partial charge in [0.05, 0.1) is 11.9 Å². The summed E-state index contributed by atoms with van der Waals surface area (Å²) < 4.78 is 0. The van der Waals surface area contributed by atoms with Crippen molar-refractivity contribution < 1.29 is 4.79 Å². The number of aromatic nitrogens is 3. The lowest BCUT2D eigenvalue weighted by molar-refractivity contribution is -0.130. The van der Waals surface area contributed by atoms with E-state index in [1.165, 1.54) is 6.42 Å². The molecule has 2 aliphatic rings. The van der Waals surface area contributed by atoms with Gasteiger partial charge in [-0.1, -0.05) is 0 Å². The van der Waals surface area contributed by atoms with Crippen LogP contribution in [-0.2, 0) is 11.2 Å². The Morgan fingerprint density at radius 2 is 2.10 bits per heavy atom. The van der Waals surface area contributed by atoms with Gasteiger partial charge < -0.3 is 14.8 Å². The van der Waals surface area contributed by atoms with Crippen LogP contribution in [-0.4, -0.2) is 52.9 Å². The average Bonchev–Trinajstić information content (AvgIpc) is 2.89. The summed E-state index contributed by atoms with van der Waals surface area (Å²) in [6, 6.07) is 3.91. The van der Waals surface area contributed by atoms with Gasteiger partial charge in [0.1, 0.15) is 11.6 Å². The standard InChI is InChI=1S/C15H19N5O/c1-19(2)13-4-3-11-15(18-13)17-12(16-11)6-14(21)20-7-9-5-10(9)8-20/h3-4,9-10H,5-8H2,1-2H3,(H,16,17,18). The van der Waals surface area contributed by atoms with Gasteiger partial charge in [-0.2, -0.15) is 0 Å². The van der Waals surface area contributed by atoms with Crippen molar-refractivity contribution in [3.8, 4) is 0 Å². The van der Waals surface area contributed by atoms with Crippen molar-refractivity contribution in [2.24, 2.45) is 11.8 Å². The third-order valence-corrected chi connectivity index (χ3v) is 4.49. The number of hydrogen-bond acceptors (Lipinski definition) is 4. The van der Waals surface area contributed by atoms with Gasteiger partial charge in [-0.25, -0.2) is 9.97 Å². The minimum Gasteiger partial charge on any atom is -0.363 e. The second-order valence-electron chi connectivity index (χ2n) is 6.35. The molecule has 0 spiro atoms. The fourth-order valence-electron chi connectivity index (χ4n) is 3.12. The quantitative estimate of drug-likeness (QED) is 0.915. The Hall–Kier alpha value is -2.11. The van der Waals surface area contributed by atoms with Crippen molar-refractivity contribution in [1.29, 1.82) is 0 Å². The zero-order valence-corrected chi connectivity index (χ0v) is 12.3. The maximum atomic E-state index is 12.3. The first-order valence-corrected chi connectivity index (χ1v) is 7.41. The number of carbonyl (C=O) groups excluding carboxylic acids is 1. The van der Waals surface area contributed by atoms with E-state index in [4.69, 9.17) is 0 Å². The molecule has 3 heterocycles. The molecule has 2 fully saturated rings. The number of pyridine rings is 1. The first-order chi connectivity index (χ1) is 10.1. The monoisotopic (exact) mass is 285 g/mol. The van der Waals surface area contributed by atoms with Crippen LogP contribution in [0.4, 0.5) is 5.82 Å². The number of piperidine rings is 1. The molecule has 0 aromatic carbocycles. The van der Waals surface area contributed by atoms with Crippen molar-refractivity contribution in [3.05, 3.63) is 18.0 Å². The predicted octanol–water partition coefficient (Wildman–Crippen LogP) is 1.04. The first-order valence-electron chi connectivity index (χ1n) is 7.41. The Morgan fingerprint density at radius 3 is 2.81 bits per heavy atom. The van der Waals surface area contributed by atoms with Crippen LogP contribution in [0, 0.1) is 11.8 Å². The fourth-order valence-corrected chi connectivity index (χ4v) is 3.12. The highest BCUT2D eigenvalue weighted by atomic mass is 16.2. The highest BCUT2D eigenvalue weighted by Crippen LogP contribution is 2.44. The summed E-state index contributed by atoms with van der Waals surface area (Å²) >= 11 is 0. The molecule has 6 heteroatoms. The van der Waals surface area contributed by atoms with Crippen LogP contribution in [0.25, 0.3) is 11.2 Å². The normalized spacial score (nSPS) is 23.4. The molecular weight excluding hydrogens is 266 g/mol. The molecule has 0 radical (unpaired) electrons. The summed E-state index contributed by atoms with van der Waals surface area (Å²) in [4.78, 5) is 28.3. The zero-order valence-electron chi connectivity index (χ0n) is 12.3. The third kappa shape index (κ3) is 2.24. The summed E-state index contributed by atoms with van der Waals surface area (Å²) in [5.74, 6) is 3.29. The second-order valence-corrected chi connectivity index (χ2v) is 6.35. The molecule has 2 aromatic rings. The highest BCUT2D eigenvalue weighted by molar-refractivity contribution is 5.80. The molecule has 6 nitrogen and oxygen atoms in total. The smallest absolute Gasteiger partial charge is 0.230 e. The van der Waals surface area contributed by atoms with E-state index in [0.717, 1.165) is 36.3 Å². The second kappa shape index (κ2) is 4.44. The molecular formula is C15H19N5O. The number of fused-ring (bicyclic) bond motifs is 2. The molecule has 2 unspecified atom stereocenters. The van der Waals surface area contributed by atoms with Crippen molar-refractivity contribution in [3.63, 3.8) is 0 Å². The number of nitrogens with one attached hydrogen (secondary N) is 1. The number of imidazole rings is 1. The highest BCUT2D eigenvalue weighted by Gasteiger charge is 2.46. The van der Waals surface area contributed by atoms with Crippen LogP contribution in [0.1, 0.15) is 12.2 Å². The molecule has 2 atom stereocenters. The maximum Gasteiger partial charge on any atom is 0.230 e. The van der Waals surface area contributed by atoms with Crippen LogP contribution in [0.3, 0.4) is 0 Å². The number of aromatic amines is 1. The molecule has 1 aliphatic carbocycles. The fraction of sp³-hybridized carbons (Fsp3) is 0.533. The number of anilines is 1. The third-order valence-electron chi connectivity index (χ3n) is 4.49. The minimum atomic E-state index is 0.175. The lowest BCUT2D eigenvalue weighted by Gasteiger charge is -2.16. The van der Waals surface area contributed by atoms with Crippen molar-refractivity contribution >= 4 is 22.9 Å². The molecule has 4 rings (SSSR count). The summed E-state index contributed by atoms with van der Waals surface area (Å²) in [5.41, 5.74) is 1.56. The van der Waals surface area contributed by atoms with E-state index in [1.807, 2.05) is 36.0 Å². The Kier molecular flexibility index (Phi) is 2.67. The molecule has 110 valence electrons. The summed E-state index contributed by atoms with van der Waals surface area (Å²) in [7, 11) is 3.90. The van der Waals surface area contributed by atoms with E-state index in [2.05, 4.69) is 15.0 Å². The van der Waals surface area contributed by atoms with E-state index in [0.29, 0.717) is 17.9 Å². The largest absolute Gasteiger partial charge is 0.363 e. The Morgan fingerprint density at radius 1 is 1.33 bits per heavy atom. The lowest BCUT2D eigenvalue weighted by Crippen LogP contribution is -2.31. The predicted molar refractivity (Wildman–Crippen MR) is 80.1 cm³/mol. The molecule has 2 aromatic heterocycles. The van der Waals surface area contributed by atoms with Crippen molar-refractivity contribution in [2.75, 3.05) is 32.1 Å². The number of H-pyrrole nitrogens is 1. The first kappa shape index (κ1) is 12.6. The zero-order chi connectivity index (χ0) is 14.6. The maximum absolute atomic E-state index is 12.3. The average molecular weight is 285 g/mol. The molecule has 1 saturated heterocycles. The molecule has 1 amide bonds. The number of hydrogen-bond donors (Lipinski definition) is 1. The summed E-state index contributed by atoms with van der Waals surface area (Å²) in [5, 5.41) is 0. The van der Waals surface area contributed by atoms with Gasteiger partial charge in [0.15, 0.2) is 5.65 Å².